The van der Waals surface area contributed by atoms with Crippen LogP contribution in [0, 0.1) is 17.5 Å². The Kier molecular flexibility index (Phi) is 5.71. The van der Waals surface area contributed by atoms with E-state index in [9.17, 15) is 26.3 Å². The Balaban J connectivity index is 1.90. The topological polar surface area (TPSA) is 34.1 Å². The number of halogens is 7. The van der Waals surface area contributed by atoms with Gasteiger partial charge >= 0.3 is 6.18 Å². The third-order valence-corrected chi connectivity index (χ3v) is 4.59. The van der Waals surface area contributed by atoms with Crippen LogP contribution in [0.15, 0.2) is 36.5 Å². The summed E-state index contributed by atoms with van der Waals surface area (Å²) in [6.07, 6.45) is -3.46. The number of benzene rings is 2. The van der Waals surface area contributed by atoms with Gasteiger partial charge in [0, 0.05) is 11.1 Å². The number of rotatable bonds is 5. The molecule has 0 radical (unpaired) electrons. The Bertz CT molecular complexity index is 985. The van der Waals surface area contributed by atoms with E-state index >= 15 is 0 Å². The Labute approximate surface area is 163 Å². The van der Waals surface area contributed by atoms with Crippen molar-refractivity contribution in [2.24, 2.45) is 0 Å². The highest BCUT2D eigenvalue weighted by Gasteiger charge is 2.33. The Morgan fingerprint density at radius 2 is 1.71 bits per heavy atom. The van der Waals surface area contributed by atoms with Crippen LogP contribution in [0.1, 0.15) is 10.4 Å². The van der Waals surface area contributed by atoms with Gasteiger partial charge in [0.1, 0.15) is 0 Å². The first-order valence-electron chi connectivity index (χ1n) is 7.52. The third-order valence-electron chi connectivity index (χ3n) is 3.48. The summed E-state index contributed by atoms with van der Waals surface area (Å²) in [5.74, 6) is -5.92. The maximum atomic E-state index is 14.2. The fourth-order valence-corrected chi connectivity index (χ4v) is 3.14. The van der Waals surface area contributed by atoms with E-state index in [0.29, 0.717) is 9.34 Å². The second kappa shape index (κ2) is 7.88. The van der Waals surface area contributed by atoms with Crippen LogP contribution in [-0.4, -0.2) is 4.98 Å². The van der Waals surface area contributed by atoms with Gasteiger partial charge in [-0.3, -0.25) is 0 Å². The summed E-state index contributed by atoms with van der Waals surface area (Å²) in [6, 6.07) is 3.83. The molecule has 0 aliphatic rings. The van der Waals surface area contributed by atoms with E-state index in [-0.39, 0.29) is 24.4 Å². The van der Waals surface area contributed by atoms with Crippen LogP contribution in [0.5, 0.6) is 11.5 Å². The van der Waals surface area contributed by atoms with Crippen LogP contribution in [-0.2, 0) is 12.7 Å². The van der Waals surface area contributed by atoms with Gasteiger partial charge in [-0.15, -0.1) is 11.3 Å². The summed E-state index contributed by atoms with van der Waals surface area (Å²) >= 11 is 6.88. The van der Waals surface area contributed by atoms with Crippen molar-refractivity contribution in [3.05, 3.63) is 68.9 Å². The fraction of sp³-hybridized carbons (Fsp3) is 0.118. The molecule has 3 rings (SSSR count). The lowest BCUT2D eigenvalue weighted by atomic mass is 10.2. The molecular weight excluding hydrogens is 430 g/mol. The zero-order valence-corrected chi connectivity index (χ0v) is 15.2. The molecule has 0 saturated carbocycles. The first kappa shape index (κ1) is 20.3. The lowest BCUT2D eigenvalue weighted by Gasteiger charge is -2.15. The Morgan fingerprint density at radius 1 is 1.04 bits per heavy atom. The maximum absolute atomic E-state index is 14.2. The molecule has 1 N–H and O–H groups in total. The van der Waals surface area contributed by atoms with Gasteiger partial charge in [0.2, 0.25) is 0 Å². The summed E-state index contributed by atoms with van der Waals surface area (Å²) in [5.41, 5.74) is -1.49. The molecule has 0 bridgehead atoms. The number of para-hydroxylation sites is 1. The predicted octanol–water partition coefficient (Wildman–Crippen LogP) is 6.64. The lowest BCUT2D eigenvalue weighted by molar-refractivity contribution is -0.138. The van der Waals surface area contributed by atoms with E-state index in [4.69, 9.17) is 16.3 Å². The first-order valence-corrected chi connectivity index (χ1v) is 8.71. The summed E-state index contributed by atoms with van der Waals surface area (Å²) in [6.45, 7) is 0.155. The van der Waals surface area contributed by atoms with Gasteiger partial charge in [-0.05, 0) is 24.3 Å². The van der Waals surface area contributed by atoms with E-state index in [0.717, 1.165) is 17.4 Å². The number of anilines is 1. The highest BCUT2D eigenvalue weighted by Crippen LogP contribution is 2.38. The van der Waals surface area contributed by atoms with Crippen LogP contribution in [0.4, 0.5) is 32.0 Å². The van der Waals surface area contributed by atoms with E-state index in [1.54, 1.807) is 0 Å². The first-order chi connectivity index (χ1) is 13.1. The van der Waals surface area contributed by atoms with E-state index in [1.807, 2.05) is 0 Å². The molecule has 0 unspecified atom stereocenters. The van der Waals surface area contributed by atoms with Gasteiger partial charge in [-0.2, -0.15) is 13.2 Å². The van der Waals surface area contributed by atoms with Crippen molar-refractivity contribution < 1.29 is 31.1 Å². The Hall–Kier alpha value is -2.46. The maximum Gasteiger partial charge on any atom is 0.416 e. The van der Waals surface area contributed by atoms with Crippen molar-refractivity contribution in [2.75, 3.05) is 5.32 Å². The smallest absolute Gasteiger partial charge is 0.416 e. The summed E-state index contributed by atoms with van der Waals surface area (Å²) in [4.78, 5) is 4.52. The number of hydrogen-bond acceptors (Lipinski definition) is 4. The second-order valence-electron chi connectivity index (χ2n) is 5.42. The largest absolute Gasteiger partial charge is 0.446 e. The van der Waals surface area contributed by atoms with Crippen molar-refractivity contribution in [3.8, 4) is 11.5 Å². The molecule has 1 aromatic heterocycles. The molecule has 1 heterocycles. The van der Waals surface area contributed by atoms with Crippen molar-refractivity contribution in [3.63, 3.8) is 0 Å². The number of hydrogen-bond donors (Lipinski definition) is 1. The Morgan fingerprint density at radius 3 is 2.29 bits per heavy atom. The van der Waals surface area contributed by atoms with Crippen LogP contribution in [0.25, 0.3) is 0 Å². The predicted molar refractivity (Wildman–Crippen MR) is 92.3 cm³/mol. The monoisotopic (exact) mass is 438 g/mol. The van der Waals surface area contributed by atoms with Gasteiger partial charge in [0.15, 0.2) is 33.4 Å². The number of alkyl halides is 3. The van der Waals surface area contributed by atoms with Crippen LogP contribution in [0.2, 0.25) is 4.47 Å². The van der Waals surface area contributed by atoms with Gasteiger partial charge in [0.05, 0.1) is 17.8 Å². The zero-order valence-electron chi connectivity index (χ0n) is 13.6. The van der Waals surface area contributed by atoms with Gasteiger partial charge < -0.3 is 10.1 Å². The number of nitrogens with one attached hydrogen (secondary N) is 1. The minimum absolute atomic E-state index is 0.0308. The zero-order chi connectivity index (χ0) is 20.5. The molecule has 0 spiro atoms. The lowest BCUT2D eigenvalue weighted by Crippen LogP contribution is -2.08. The standard InChI is InChI=1S/C17H9ClF6N2OS/c18-16-26-7-9(28-16)6-25-13-3-1-2-10(19)15(13)27-14-11(20)4-8(5-12(14)21)17(22,23)24/h1-5,7,25H,6H2. The van der Waals surface area contributed by atoms with Crippen LogP contribution < -0.4 is 10.1 Å². The molecule has 28 heavy (non-hydrogen) atoms. The number of nitrogens with zero attached hydrogens (tertiary/aromatic N) is 1. The normalized spacial score (nSPS) is 11.5. The molecule has 0 aliphatic heterocycles. The molecule has 11 heteroatoms. The molecule has 3 aromatic rings. The van der Waals surface area contributed by atoms with Crippen molar-refractivity contribution in [1.82, 2.24) is 4.98 Å². The summed E-state index contributed by atoms with van der Waals surface area (Å²) < 4.78 is 85.4. The highest BCUT2D eigenvalue weighted by molar-refractivity contribution is 7.15. The minimum Gasteiger partial charge on any atom is -0.446 e. The molecule has 0 fully saturated rings. The molecule has 148 valence electrons. The minimum atomic E-state index is -4.94. The average Bonchev–Trinajstić information content (AvgIpc) is 3.02. The van der Waals surface area contributed by atoms with E-state index in [2.05, 4.69) is 10.3 Å². The fourth-order valence-electron chi connectivity index (χ4n) is 2.22. The molecule has 0 aliphatic carbocycles. The molecule has 0 amide bonds. The average molecular weight is 439 g/mol. The van der Waals surface area contributed by atoms with E-state index in [1.165, 1.54) is 18.3 Å². The van der Waals surface area contributed by atoms with Crippen LogP contribution >= 0.6 is 22.9 Å². The van der Waals surface area contributed by atoms with Crippen molar-refractivity contribution >= 4 is 28.6 Å². The van der Waals surface area contributed by atoms with Crippen molar-refractivity contribution in [2.45, 2.75) is 12.7 Å². The highest BCUT2D eigenvalue weighted by atomic mass is 35.5. The SMILES string of the molecule is Fc1cc(C(F)(F)F)cc(F)c1Oc1c(F)cccc1NCc1cnc(Cl)s1. The summed E-state index contributed by atoms with van der Waals surface area (Å²) in [7, 11) is 0. The number of aromatic nitrogens is 1. The molecule has 0 atom stereocenters. The van der Waals surface area contributed by atoms with Crippen molar-refractivity contribution in [1.29, 1.82) is 0 Å². The van der Waals surface area contributed by atoms with Crippen LogP contribution in [0.3, 0.4) is 0 Å². The molecule has 0 saturated heterocycles. The summed E-state index contributed by atoms with van der Waals surface area (Å²) in [5, 5.41) is 2.80. The van der Waals surface area contributed by atoms with Gasteiger partial charge in [-0.25, -0.2) is 18.2 Å². The van der Waals surface area contributed by atoms with E-state index < -0.39 is 40.7 Å². The molecular formula is C17H9ClF6N2OS. The molecule has 3 nitrogen and oxygen atoms in total. The third kappa shape index (κ3) is 4.50. The van der Waals surface area contributed by atoms with Gasteiger partial charge in [0.25, 0.3) is 0 Å². The van der Waals surface area contributed by atoms with Gasteiger partial charge in [-0.1, -0.05) is 17.7 Å². The molecule has 2 aromatic carbocycles. The second-order valence-corrected chi connectivity index (χ2v) is 7.12. The quantitative estimate of drug-likeness (QED) is 0.453. The number of thiazole rings is 1. The number of ether oxygens (including phenoxy) is 1.